The minimum Gasteiger partial charge on any atom is -0.369 e. The van der Waals surface area contributed by atoms with Crippen LogP contribution in [0.25, 0.3) is 10.2 Å². The summed E-state index contributed by atoms with van der Waals surface area (Å²) in [7, 11) is 0. The topological polar surface area (TPSA) is 48.5 Å². The number of piperazine rings is 1. The van der Waals surface area contributed by atoms with Crippen LogP contribution in [0, 0.1) is 6.92 Å². The van der Waals surface area contributed by atoms with Crippen LogP contribution in [0.2, 0.25) is 0 Å². The molecule has 1 aliphatic rings. The monoisotopic (exact) mass is 476 g/mol. The van der Waals surface area contributed by atoms with Crippen LogP contribution in [0.5, 0.6) is 0 Å². The SMILES string of the molecule is Cc1c(C(=O)NCCCCN2CCN(c3ccccc3)CC2)sc2nc(C(F)(F)F)ccc12. The van der Waals surface area contributed by atoms with Crippen molar-refractivity contribution in [1.29, 1.82) is 0 Å². The van der Waals surface area contributed by atoms with Crippen molar-refractivity contribution in [2.45, 2.75) is 25.9 Å². The summed E-state index contributed by atoms with van der Waals surface area (Å²) in [5.74, 6) is -0.250. The number of amides is 1. The van der Waals surface area contributed by atoms with E-state index in [2.05, 4.69) is 44.4 Å². The predicted molar refractivity (Wildman–Crippen MR) is 126 cm³/mol. The molecule has 9 heteroatoms. The maximum atomic E-state index is 12.9. The van der Waals surface area contributed by atoms with E-state index in [1.165, 1.54) is 11.8 Å². The molecule has 0 spiro atoms. The Labute approximate surface area is 195 Å². The first kappa shape index (κ1) is 23.5. The Hall–Kier alpha value is -2.65. The number of hydrogen-bond acceptors (Lipinski definition) is 5. The molecule has 1 saturated heterocycles. The van der Waals surface area contributed by atoms with Gasteiger partial charge in [0.15, 0.2) is 0 Å². The fourth-order valence-corrected chi connectivity index (χ4v) is 5.18. The summed E-state index contributed by atoms with van der Waals surface area (Å²) in [4.78, 5) is 21.8. The third-order valence-electron chi connectivity index (χ3n) is 5.98. The fraction of sp³-hybridized carbons (Fsp3) is 0.417. The summed E-state index contributed by atoms with van der Waals surface area (Å²) >= 11 is 1.01. The van der Waals surface area contributed by atoms with E-state index in [1.54, 1.807) is 6.92 Å². The second kappa shape index (κ2) is 10.1. The Bertz CT molecular complexity index is 1090. The lowest BCUT2D eigenvalue weighted by atomic mass is 10.1. The first-order valence-electron chi connectivity index (χ1n) is 11.1. The van der Waals surface area contributed by atoms with Gasteiger partial charge in [0.1, 0.15) is 10.5 Å². The summed E-state index contributed by atoms with van der Waals surface area (Å²) in [6.45, 7) is 7.34. The molecular formula is C24H27F3N4OS. The Morgan fingerprint density at radius 1 is 1.06 bits per heavy atom. The molecule has 1 fully saturated rings. The van der Waals surface area contributed by atoms with E-state index in [0.29, 0.717) is 22.4 Å². The van der Waals surface area contributed by atoms with Crippen LogP contribution in [0.4, 0.5) is 18.9 Å². The van der Waals surface area contributed by atoms with Crippen molar-refractivity contribution in [3.05, 3.63) is 58.6 Å². The number of carbonyl (C=O) groups excluding carboxylic acids is 1. The van der Waals surface area contributed by atoms with E-state index in [9.17, 15) is 18.0 Å². The molecule has 4 rings (SSSR count). The van der Waals surface area contributed by atoms with E-state index in [-0.39, 0.29) is 10.7 Å². The molecule has 176 valence electrons. The molecule has 1 N–H and O–H groups in total. The normalized spacial score (nSPS) is 15.2. The molecule has 0 atom stereocenters. The van der Waals surface area contributed by atoms with E-state index < -0.39 is 11.9 Å². The maximum absolute atomic E-state index is 12.9. The number of nitrogens with one attached hydrogen (secondary N) is 1. The lowest BCUT2D eigenvalue weighted by Crippen LogP contribution is -2.46. The third-order valence-corrected chi connectivity index (χ3v) is 7.18. The number of rotatable bonds is 7. The number of aromatic nitrogens is 1. The number of fused-ring (bicyclic) bond motifs is 1. The Morgan fingerprint density at radius 2 is 1.79 bits per heavy atom. The molecule has 3 aromatic rings. The van der Waals surface area contributed by atoms with Gasteiger partial charge in [-0.25, -0.2) is 4.98 Å². The second-order valence-corrected chi connectivity index (χ2v) is 9.23. The largest absolute Gasteiger partial charge is 0.433 e. The number of unbranched alkanes of at least 4 members (excludes halogenated alkanes) is 1. The minimum absolute atomic E-state index is 0.238. The molecule has 0 aliphatic carbocycles. The highest BCUT2D eigenvalue weighted by Gasteiger charge is 2.33. The average molecular weight is 477 g/mol. The number of hydrogen-bond donors (Lipinski definition) is 1. The van der Waals surface area contributed by atoms with Gasteiger partial charge < -0.3 is 10.2 Å². The van der Waals surface area contributed by atoms with Crippen LogP contribution in [-0.2, 0) is 6.18 Å². The Kier molecular flexibility index (Phi) is 7.19. The van der Waals surface area contributed by atoms with E-state index in [4.69, 9.17) is 0 Å². The zero-order chi connectivity index (χ0) is 23.4. The number of benzene rings is 1. The number of anilines is 1. The van der Waals surface area contributed by atoms with E-state index >= 15 is 0 Å². The molecular weight excluding hydrogens is 449 g/mol. The standard InChI is InChI=1S/C24H27F3N4OS/c1-17-19-9-10-20(24(25,26)27)29-23(19)33-21(17)22(32)28-11-5-6-12-30-13-15-31(16-14-30)18-7-3-2-4-8-18/h2-4,7-10H,5-6,11-16H2,1H3,(H,28,32). The van der Waals surface area contributed by atoms with Crippen LogP contribution in [0.15, 0.2) is 42.5 Å². The predicted octanol–water partition coefficient (Wildman–Crippen LogP) is 4.96. The molecule has 0 bridgehead atoms. The van der Waals surface area contributed by atoms with Crippen molar-refractivity contribution in [2.75, 3.05) is 44.2 Å². The van der Waals surface area contributed by atoms with Crippen LogP contribution in [0.1, 0.15) is 33.8 Å². The smallest absolute Gasteiger partial charge is 0.369 e. The number of thiophene rings is 1. The van der Waals surface area contributed by atoms with Crippen molar-refractivity contribution < 1.29 is 18.0 Å². The number of pyridine rings is 1. The van der Waals surface area contributed by atoms with E-state index in [0.717, 1.165) is 63.0 Å². The summed E-state index contributed by atoms with van der Waals surface area (Å²) in [6, 6.07) is 12.8. The molecule has 0 saturated carbocycles. The van der Waals surface area contributed by atoms with Crippen molar-refractivity contribution in [3.63, 3.8) is 0 Å². The van der Waals surface area contributed by atoms with Crippen molar-refractivity contribution in [2.24, 2.45) is 0 Å². The number of carbonyl (C=O) groups is 1. The van der Waals surface area contributed by atoms with Gasteiger partial charge in [-0.2, -0.15) is 13.2 Å². The van der Waals surface area contributed by atoms with Gasteiger partial charge in [-0.3, -0.25) is 9.69 Å². The van der Waals surface area contributed by atoms with Gasteiger partial charge in [-0.05, 0) is 56.1 Å². The second-order valence-electron chi connectivity index (χ2n) is 8.23. The summed E-state index contributed by atoms with van der Waals surface area (Å²) < 4.78 is 38.7. The molecule has 1 amide bonds. The average Bonchev–Trinajstić information content (AvgIpc) is 3.15. The van der Waals surface area contributed by atoms with Crippen molar-refractivity contribution in [1.82, 2.24) is 15.2 Å². The highest BCUT2D eigenvalue weighted by atomic mass is 32.1. The maximum Gasteiger partial charge on any atom is 0.433 e. The highest BCUT2D eigenvalue weighted by Crippen LogP contribution is 2.34. The summed E-state index contributed by atoms with van der Waals surface area (Å²) in [5, 5.41) is 3.50. The number of para-hydroxylation sites is 1. The van der Waals surface area contributed by atoms with Crippen LogP contribution < -0.4 is 10.2 Å². The van der Waals surface area contributed by atoms with Gasteiger partial charge >= 0.3 is 6.18 Å². The van der Waals surface area contributed by atoms with Gasteiger partial charge in [0.05, 0.1) is 4.88 Å². The third kappa shape index (κ3) is 5.65. The number of aryl methyl sites for hydroxylation is 1. The molecule has 1 aromatic carbocycles. The number of halogens is 3. The lowest BCUT2D eigenvalue weighted by Gasteiger charge is -2.36. The molecule has 0 unspecified atom stereocenters. The van der Waals surface area contributed by atoms with E-state index in [1.807, 2.05) is 6.07 Å². The molecule has 2 aromatic heterocycles. The molecule has 33 heavy (non-hydrogen) atoms. The quantitative estimate of drug-likeness (QED) is 0.490. The number of alkyl halides is 3. The minimum atomic E-state index is -4.50. The first-order chi connectivity index (χ1) is 15.8. The zero-order valence-electron chi connectivity index (χ0n) is 18.5. The lowest BCUT2D eigenvalue weighted by molar-refractivity contribution is -0.140. The van der Waals surface area contributed by atoms with Crippen LogP contribution in [0.3, 0.4) is 0 Å². The first-order valence-corrected chi connectivity index (χ1v) is 11.9. The van der Waals surface area contributed by atoms with Crippen molar-refractivity contribution >= 4 is 33.1 Å². The molecule has 1 aliphatic heterocycles. The highest BCUT2D eigenvalue weighted by molar-refractivity contribution is 7.20. The molecule has 3 heterocycles. The summed E-state index contributed by atoms with van der Waals surface area (Å²) in [6.07, 6.45) is -2.67. The fourth-order valence-electron chi connectivity index (χ4n) is 4.08. The van der Waals surface area contributed by atoms with Crippen LogP contribution >= 0.6 is 11.3 Å². The van der Waals surface area contributed by atoms with Gasteiger partial charge in [-0.1, -0.05) is 18.2 Å². The van der Waals surface area contributed by atoms with Gasteiger partial charge in [-0.15, -0.1) is 11.3 Å². The van der Waals surface area contributed by atoms with Gasteiger partial charge in [0, 0.05) is 43.8 Å². The zero-order valence-corrected chi connectivity index (χ0v) is 19.3. The van der Waals surface area contributed by atoms with Crippen molar-refractivity contribution in [3.8, 4) is 0 Å². The Morgan fingerprint density at radius 3 is 2.48 bits per heavy atom. The molecule has 5 nitrogen and oxygen atoms in total. The van der Waals surface area contributed by atoms with Crippen LogP contribution in [-0.4, -0.2) is 55.1 Å². The summed E-state index contributed by atoms with van der Waals surface area (Å²) in [5.41, 5.74) is 0.999. The number of nitrogens with zero attached hydrogens (tertiary/aromatic N) is 3. The molecule has 0 radical (unpaired) electrons. The van der Waals surface area contributed by atoms with Gasteiger partial charge in [0.2, 0.25) is 0 Å². The Balaban J connectivity index is 1.21. The van der Waals surface area contributed by atoms with Gasteiger partial charge in [0.25, 0.3) is 5.91 Å².